The molecule has 0 bridgehead atoms. The van der Waals surface area contributed by atoms with Gasteiger partial charge < -0.3 is 14.6 Å². The molecule has 1 aromatic carbocycles. The molecule has 1 aliphatic rings. The molecule has 2 rings (SSSR count). The van der Waals surface area contributed by atoms with Crippen LogP contribution in [-0.2, 0) is 14.3 Å². The van der Waals surface area contributed by atoms with Gasteiger partial charge in [-0.15, -0.1) is 0 Å². The number of imide groups is 1. The molecule has 0 spiro atoms. The molecule has 122 valence electrons. The van der Waals surface area contributed by atoms with Gasteiger partial charge in [0.15, 0.2) is 11.5 Å². The van der Waals surface area contributed by atoms with E-state index in [1.165, 1.54) is 26.4 Å². The van der Waals surface area contributed by atoms with E-state index in [9.17, 15) is 19.5 Å². The molecule has 1 heterocycles. The first-order valence-corrected chi connectivity index (χ1v) is 7.87. The van der Waals surface area contributed by atoms with Crippen molar-refractivity contribution in [3.63, 3.8) is 0 Å². The molecular weight excluding hydrogens is 390 g/mol. The molecule has 2 amide bonds. The summed E-state index contributed by atoms with van der Waals surface area (Å²) in [7, 11) is 2.58. The number of thioether (sulfide) groups is 1. The van der Waals surface area contributed by atoms with Crippen LogP contribution in [-0.4, -0.2) is 47.9 Å². The molecule has 1 saturated heterocycles. The van der Waals surface area contributed by atoms with Crippen LogP contribution in [0, 0.1) is 0 Å². The van der Waals surface area contributed by atoms with Crippen LogP contribution in [0.4, 0.5) is 4.79 Å². The molecule has 0 unspecified atom stereocenters. The fourth-order valence-corrected chi connectivity index (χ4v) is 3.11. The minimum absolute atomic E-state index is 0.0663. The van der Waals surface area contributed by atoms with Crippen molar-refractivity contribution in [3.05, 3.63) is 27.1 Å². The Bertz CT molecular complexity index is 717. The van der Waals surface area contributed by atoms with Crippen LogP contribution in [0.2, 0.25) is 0 Å². The summed E-state index contributed by atoms with van der Waals surface area (Å²) in [4.78, 5) is 36.2. The van der Waals surface area contributed by atoms with Crippen molar-refractivity contribution in [2.75, 3.05) is 20.8 Å². The Morgan fingerprint density at radius 3 is 2.70 bits per heavy atom. The predicted octanol–water partition coefficient (Wildman–Crippen LogP) is 2.37. The quantitative estimate of drug-likeness (QED) is 0.611. The van der Waals surface area contributed by atoms with Crippen LogP contribution in [0.5, 0.6) is 11.5 Å². The van der Waals surface area contributed by atoms with Gasteiger partial charge in [0.05, 0.1) is 23.6 Å². The summed E-state index contributed by atoms with van der Waals surface area (Å²) in [5.41, 5.74) is 0.551. The molecule has 9 heteroatoms. The van der Waals surface area contributed by atoms with Gasteiger partial charge in [-0.3, -0.25) is 19.3 Å². The molecule has 0 radical (unpaired) electrons. The van der Waals surface area contributed by atoms with Gasteiger partial charge in [0, 0.05) is 0 Å². The lowest BCUT2D eigenvalue weighted by Gasteiger charge is -2.10. The molecule has 23 heavy (non-hydrogen) atoms. The van der Waals surface area contributed by atoms with Gasteiger partial charge in [-0.2, -0.15) is 0 Å². The highest BCUT2D eigenvalue weighted by atomic mass is 79.9. The standard InChI is InChI=1S/C14H12BrNO6S/c1-21-9-4-7(3-8(15)12(9)18)5-10-13(19)16(14(20)23-10)6-11(17)22-2/h3-5,18H,6H2,1-2H3. The number of halogens is 1. The maximum Gasteiger partial charge on any atom is 0.325 e. The van der Waals surface area contributed by atoms with E-state index < -0.39 is 23.7 Å². The van der Waals surface area contributed by atoms with E-state index in [0.717, 1.165) is 16.7 Å². The largest absolute Gasteiger partial charge is 0.503 e. The molecule has 1 aromatic rings. The van der Waals surface area contributed by atoms with Gasteiger partial charge >= 0.3 is 5.97 Å². The average molecular weight is 402 g/mol. The van der Waals surface area contributed by atoms with Crippen molar-refractivity contribution in [3.8, 4) is 11.5 Å². The highest BCUT2D eigenvalue weighted by Crippen LogP contribution is 2.38. The van der Waals surface area contributed by atoms with E-state index in [1.54, 1.807) is 6.07 Å². The Kier molecular flexibility index (Phi) is 5.32. The Morgan fingerprint density at radius 2 is 2.09 bits per heavy atom. The van der Waals surface area contributed by atoms with Gasteiger partial charge in [-0.1, -0.05) is 0 Å². The number of carbonyl (C=O) groups is 3. The molecular formula is C14H12BrNO6S. The number of ether oxygens (including phenoxy) is 2. The number of hydrogen-bond donors (Lipinski definition) is 1. The Balaban J connectivity index is 2.31. The van der Waals surface area contributed by atoms with Crippen LogP contribution < -0.4 is 4.74 Å². The number of hydrogen-bond acceptors (Lipinski definition) is 7. The smallest absolute Gasteiger partial charge is 0.325 e. The highest BCUT2D eigenvalue weighted by Gasteiger charge is 2.36. The zero-order valence-electron chi connectivity index (χ0n) is 12.2. The third-order valence-corrected chi connectivity index (χ3v) is 4.47. The fourth-order valence-electron chi connectivity index (χ4n) is 1.81. The summed E-state index contributed by atoms with van der Waals surface area (Å²) in [6.07, 6.45) is 1.48. The SMILES string of the molecule is COC(=O)CN1C(=O)SC(=Cc2cc(Br)c(O)c(OC)c2)C1=O. The molecule has 0 aliphatic carbocycles. The molecule has 0 aromatic heterocycles. The third kappa shape index (κ3) is 3.67. The zero-order chi connectivity index (χ0) is 17.1. The molecule has 1 aliphatic heterocycles. The summed E-state index contributed by atoms with van der Waals surface area (Å²) < 4.78 is 9.87. The molecule has 7 nitrogen and oxygen atoms in total. The number of rotatable bonds is 4. The minimum atomic E-state index is -0.678. The summed E-state index contributed by atoms with van der Waals surface area (Å²) in [6.45, 7) is -0.429. The molecule has 0 atom stereocenters. The number of aromatic hydroxyl groups is 1. The number of phenols is 1. The number of methoxy groups -OCH3 is 2. The fraction of sp³-hybridized carbons (Fsp3) is 0.214. The van der Waals surface area contributed by atoms with Crippen molar-refractivity contribution < 1.29 is 29.0 Å². The highest BCUT2D eigenvalue weighted by molar-refractivity contribution is 9.10. The number of carbonyl (C=O) groups excluding carboxylic acids is 3. The second-order valence-corrected chi connectivity index (χ2v) is 6.25. The number of benzene rings is 1. The lowest BCUT2D eigenvalue weighted by Crippen LogP contribution is -2.34. The number of amides is 2. The van der Waals surface area contributed by atoms with Crippen LogP contribution in [0.15, 0.2) is 21.5 Å². The van der Waals surface area contributed by atoms with Gasteiger partial charge in [0.25, 0.3) is 11.1 Å². The van der Waals surface area contributed by atoms with Crippen molar-refractivity contribution in [1.82, 2.24) is 4.90 Å². The number of nitrogens with zero attached hydrogens (tertiary/aromatic N) is 1. The first-order chi connectivity index (χ1) is 10.9. The van der Waals surface area contributed by atoms with Crippen molar-refractivity contribution in [2.24, 2.45) is 0 Å². The Hall–Kier alpha value is -2.00. The summed E-state index contributed by atoms with van der Waals surface area (Å²) in [5, 5.41) is 9.22. The van der Waals surface area contributed by atoms with E-state index in [2.05, 4.69) is 20.7 Å². The summed E-state index contributed by atoms with van der Waals surface area (Å²) in [6, 6.07) is 3.10. The van der Waals surface area contributed by atoms with E-state index in [0.29, 0.717) is 10.0 Å². The van der Waals surface area contributed by atoms with Gasteiger partial charge in [-0.05, 0) is 51.5 Å². The summed E-state index contributed by atoms with van der Waals surface area (Å²) in [5.74, 6) is -1.10. The lowest BCUT2D eigenvalue weighted by molar-refractivity contribution is -0.143. The average Bonchev–Trinajstić information content (AvgIpc) is 2.78. The second kappa shape index (κ2) is 7.05. The monoisotopic (exact) mass is 401 g/mol. The van der Waals surface area contributed by atoms with Crippen LogP contribution in [0.1, 0.15) is 5.56 Å². The maximum atomic E-state index is 12.2. The van der Waals surface area contributed by atoms with E-state index in [-0.39, 0.29) is 16.4 Å². The first-order valence-electron chi connectivity index (χ1n) is 6.26. The van der Waals surface area contributed by atoms with E-state index in [1.807, 2.05) is 0 Å². The van der Waals surface area contributed by atoms with Crippen molar-refractivity contribution >= 4 is 50.9 Å². The normalized spacial score (nSPS) is 16.1. The maximum absolute atomic E-state index is 12.2. The predicted molar refractivity (Wildman–Crippen MR) is 87.1 cm³/mol. The van der Waals surface area contributed by atoms with E-state index in [4.69, 9.17) is 4.74 Å². The third-order valence-electron chi connectivity index (χ3n) is 2.96. The van der Waals surface area contributed by atoms with Crippen LogP contribution in [0.3, 0.4) is 0 Å². The Morgan fingerprint density at radius 1 is 1.39 bits per heavy atom. The van der Waals surface area contributed by atoms with Crippen LogP contribution in [0.25, 0.3) is 6.08 Å². The van der Waals surface area contributed by atoms with Gasteiger partial charge in [0.1, 0.15) is 6.54 Å². The van der Waals surface area contributed by atoms with E-state index >= 15 is 0 Å². The lowest BCUT2D eigenvalue weighted by atomic mass is 10.2. The topological polar surface area (TPSA) is 93.1 Å². The van der Waals surface area contributed by atoms with Crippen molar-refractivity contribution in [2.45, 2.75) is 0 Å². The Labute approximate surface area is 144 Å². The number of esters is 1. The zero-order valence-corrected chi connectivity index (χ0v) is 14.6. The molecule has 1 fully saturated rings. The van der Waals surface area contributed by atoms with Gasteiger partial charge in [-0.25, -0.2) is 0 Å². The summed E-state index contributed by atoms with van der Waals surface area (Å²) >= 11 is 3.90. The molecule has 0 saturated carbocycles. The second-order valence-electron chi connectivity index (χ2n) is 4.40. The number of phenolic OH excluding ortho intramolecular Hbond substituents is 1. The minimum Gasteiger partial charge on any atom is -0.503 e. The van der Waals surface area contributed by atoms with Gasteiger partial charge in [0.2, 0.25) is 0 Å². The van der Waals surface area contributed by atoms with Crippen molar-refractivity contribution in [1.29, 1.82) is 0 Å². The van der Waals surface area contributed by atoms with Crippen LogP contribution >= 0.6 is 27.7 Å². The first kappa shape index (κ1) is 17.4. The molecule has 1 N–H and O–H groups in total.